The van der Waals surface area contributed by atoms with Crippen LogP contribution in [0.5, 0.6) is 0 Å². The molecule has 4 nitrogen and oxygen atoms in total. The molecule has 2 fully saturated rings. The fraction of sp³-hybridized carbons (Fsp3) is 1.00. The smallest absolute Gasteiger partial charge is 0.0474 e. The van der Waals surface area contributed by atoms with Crippen molar-refractivity contribution in [3.63, 3.8) is 0 Å². The third-order valence-electron chi connectivity index (χ3n) is 5.13. The molecule has 2 aliphatic heterocycles. The molecule has 0 aliphatic carbocycles. The molecule has 0 aromatic rings. The fourth-order valence-corrected chi connectivity index (χ4v) is 3.92. The summed E-state index contributed by atoms with van der Waals surface area (Å²) in [4.78, 5) is 7.77. The summed E-state index contributed by atoms with van der Waals surface area (Å²) in [7, 11) is 2.24. The average molecular weight is 268 g/mol. The minimum atomic E-state index is 0.217. The highest BCUT2D eigenvalue weighted by Gasteiger charge is 2.44. The molecule has 0 saturated carbocycles. The van der Waals surface area contributed by atoms with Gasteiger partial charge in [-0.3, -0.25) is 9.80 Å². The maximum atomic E-state index is 6.23. The van der Waals surface area contributed by atoms with Gasteiger partial charge in [0, 0.05) is 50.3 Å². The first kappa shape index (κ1) is 15.2. The zero-order valence-electron chi connectivity index (χ0n) is 13.2. The molecule has 2 aliphatic rings. The Hall–Kier alpha value is -0.160. The van der Waals surface area contributed by atoms with E-state index in [-0.39, 0.29) is 5.54 Å². The van der Waals surface area contributed by atoms with Crippen LogP contribution in [-0.4, -0.2) is 78.6 Å². The van der Waals surface area contributed by atoms with Crippen molar-refractivity contribution in [2.45, 2.75) is 51.2 Å². The average Bonchev–Trinajstić information content (AvgIpc) is 2.72. The van der Waals surface area contributed by atoms with Gasteiger partial charge in [0.2, 0.25) is 0 Å². The van der Waals surface area contributed by atoms with Crippen molar-refractivity contribution in [1.82, 2.24) is 14.7 Å². The van der Waals surface area contributed by atoms with Crippen molar-refractivity contribution >= 4 is 0 Å². The number of rotatable bonds is 3. The van der Waals surface area contributed by atoms with Crippen LogP contribution in [-0.2, 0) is 0 Å². The lowest BCUT2D eigenvalue weighted by atomic mass is 9.94. The minimum Gasteiger partial charge on any atom is -0.329 e. The van der Waals surface area contributed by atoms with Crippen molar-refractivity contribution in [3.8, 4) is 0 Å². The SMILES string of the molecule is CC(C)N1CCC(CN)(N2CCCN(C)CC2C)C1. The highest BCUT2D eigenvalue weighted by Crippen LogP contribution is 2.31. The third-order valence-corrected chi connectivity index (χ3v) is 5.13. The van der Waals surface area contributed by atoms with Crippen molar-refractivity contribution in [3.05, 3.63) is 0 Å². The Morgan fingerprint density at radius 3 is 2.58 bits per heavy atom. The molecule has 0 bridgehead atoms. The number of likely N-dealkylation sites (N-methyl/N-ethyl adjacent to an activating group) is 1. The maximum Gasteiger partial charge on any atom is 0.0474 e. The Bertz CT molecular complexity index is 294. The van der Waals surface area contributed by atoms with Gasteiger partial charge in [0.15, 0.2) is 0 Å². The summed E-state index contributed by atoms with van der Waals surface area (Å²) in [5.74, 6) is 0. The van der Waals surface area contributed by atoms with Gasteiger partial charge in [-0.05, 0) is 47.2 Å². The van der Waals surface area contributed by atoms with Crippen LogP contribution in [0.25, 0.3) is 0 Å². The summed E-state index contributed by atoms with van der Waals surface area (Å²) in [5, 5.41) is 0. The lowest BCUT2D eigenvalue weighted by Crippen LogP contribution is -2.59. The Kier molecular flexibility index (Phi) is 4.88. The Morgan fingerprint density at radius 2 is 2.00 bits per heavy atom. The standard InChI is InChI=1S/C15H32N4/c1-13(2)18-9-6-15(11-16,12-18)19-8-5-7-17(4)10-14(19)3/h13-14H,5-12,16H2,1-4H3. The number of hydrogen-bond acceptors (Lipinski definition) is 4. The van der Waals surface area contributed by atoms with Gasteiger partial charge in [-0.1, -0.05) is 0 Å². The minimum absolute atomic E-state index is 0.217. The van der Waals surface area contributed by atoms with Gasteiger partial charge in [0.25, 0.3) is 0 Å². The number of hydrogen-bond donors (Lipinski definition) is 1. The molecule has 0 radical (unpaired) electrons. The second kappa shape index (κ2) is 6.08. The molecule has 2 rings (SSSR count). The van der Waals surface area contributed by atoms with Crippen molar-refractivity contribution < 1.29 is 0 Å². The van der Waals surface area contributed by atoms with E-state index in [9.17, 15) is 0 Å². The number of nitrogens with zero attached hydrogens (tertiary/aromatic N) is 3. The molecule has 2 unspecified atom stereocenters. The highest BCUT2D eigenvalue weighted by atomic mass is 15.3. The molecule has 112 valence electrons. The third kappa shape index (κ3) is 3.13. The molecule has 2 heterocycles. The van der Waals surface area contributed by atoms with Gasteiger partial charge >= 0.3 is 0 Å². The lowest BCUT2D eigenvalue weighted by molar-refractivity contribution is 0.0590. The lowest BCUT2D eigenvalue weighted by Gasteiger charge is -2.44. The maximum absolute atomic E-state index is 6.23. The van der Waals surface area contributed by atoms with Crippen molar-refractivity contribution in [1.29, 1.82) is 0 Å². The molecule has 0 aromatic carbocycles. The summed E-state index contributed by atoms with van der Waals surface area (Å²) >= 11 is 0. The summed E-state index contributed by atoms with van der Waals surface area (Å²) in [6.45, 7) is 13.7. The second-order valence-corrected chi connectivity index (χ2v) is 6.90. The van der Waals surface area contributed by atoms with E-state index in [1.165, 1.54) is 39.0 Å². The van der Waals surface area contributed by atoms with E-state index in [0.717, 1.165) is 13.1 Å². The number of nitrogens with two attached hydrogens (primary N) is 1. The second-order valence-electron chi connectivity index (χ2n) is 6.90. The zero-order valence-corrected chi connectivity index (χ0v) is 13.2. The molecular formula is C15H32N4. The van der Waals surface area contributed by atoms with E-state index in [1.54, 1.807) is 0 Å². The van der Waals surface area contributed by atoms with Crippen molar-refractivity contribution in [2.75, 3.05) is 46.3 Å². The Labute approximate surface area is 118 Å². The molecular weight excluding hydrogens is 236 g/mol. The molecule has 2 N–H and O–H groups in total. The van der Waals surface area contributed by atoms with E-state index in [2.05, 4.69) is 42.5 Å². The van der Waals surface area contributed by atoms with Crippen LogP contribution in [0.3, 0.4) is 0 Å². The summed E-state index contributed by atoms with van der Waals surface area (Å²) in [6.07, 6.45) is 2.50. The molecule has 2 saturated heterocycles. The molecule has 0 amide bonds. The first-order valence-electron chi connectivity index (χ1n) is 7.88. The predicted octanol–water partition coefficient (Wildman–Crippen LogP) is 0.824. The van der Waals surface area contributed by atoms with E-state index in [1.807, 2.05) is 0 Å². The van der Waals surface area contributed by atoms with E-state index < -0.39 is 0 Å². The summed E-state index contributed by atoms with van der Waals surface area (Å²) in [6, 6.07) is 1.25. The summed E-state index contributed by atoms with van der Waals surface area (Å²) in [5.41, 5.74) is 6.45. The molecule has 2 atom stereocenters. The van der Waals surface area contributed by atoms with E-state index in [4.69, 9.17) is 5.73 Å². The van der Waals surface area contributed by atoms with Crippen LogP contribution >= 0.6 is 0 Å². The first-order valence-corrected chi connectivity index (χ1v) is 7.88. The van der Waals surface area contributed by atoms with Gasteiger partial charge in [-0.15, -0.1) is 0 Å². The van der Waals surface area contributed by atoms with Gasteiger partial charge in [0.05, 0.1) is 0 Å². The highest BCUT2D eigenvalue weighted by molar-refractivity contribution is 5.03. The van der Waals surface area contributed by atoms with Crippen LogP contribution in [0.1, 0.15) is 33.6 Å². The molecule has 0 aromatic heterocycles. The Balaban J connectivity index is 2.12. The van der Waals surface area contributed by atoms with Crippen LogP contribution in [0, 0.1) is 0 Å². The van der Waals surface area contributed by atoms with E-state index >= 15 is 0 Å². The zero-order chi connectivity index (χ0) is 14.0. The van der Waals surface area contributed by atoms with Gasteiger partial charge in [-0.2, -0.15) is 0 Å². The fourth-order valence-electron chi connectivity index (χ4n) is 3.92. The number of likely N-dealkylation sites (tertiary alicyclic amines) is 1. The van der Waals surface area contributed by atoms with E-state index in [0.29, 0.717) is 12.1 Å². The van der Waals surface area contributed by atoms with Crippen LogP contribution in [0.4, 0.5) is 0 Å². The van der Waals surface area contributed by atoms with Crippen LogP contribution in [0.2, 0.25) is 0 Å². The summed E-state index contributed by atoms with van der Waals surface area (Å²) < 4.78 is 0. The van der Waals surface area contributed by atoms with Gasteiger partial charge in [0.1, 0.15) is 0 Å². The molecule has 4 heteroatoms. The largest absolute Gasteiger partial charge is 0.329 e. The molecule has 19 heavy (non-hydrogen) atoms. The topological polar surface area (TPSA) is 35.7 Å². The first-order chi connectivity index (χ1) is 8.98. The van der Waals surface area contributed by atoms with Crippen molar-refractivity contribution in [2.24, 2.45) is 5.73 Å². The molecule has 0 spiro atoms. The predicted molar refractivity (Wildman–Crippen MR) is 81.4 cm³/mol. The van der Waals surface area contributed by atoms with Gasteiger partial charge in [-0.25, -0.2) is 0 Å². The van der Waals surface area contributed by atoms with Gasteiger partial charge < -0.3 is 10.6 Å². The van der Waals surface area contributed by atoms with Crippen LogP contribution in [0.15, 0.2) is 0 Å². The monoisotopic (exact) mass is 268 g/mol. The quantitative estimate of drug-likeness (QED) is 0.822. The normalized spacial score (nSPS) is 36.0. The Morgan fingerprint density at radius 1 is 1.26 bits per heavy atom. The van der Waals surface area contributed by atoms with Crippen LogP contribution < -0.4 is 5.73 Å².